The normalized spacial score (nSPS) is 14.3. The summed E-state index contributed by atoms with van der Waals surface area (Å²) in [5.74, 6) is 0.805. The number of carbonyl (C=O) groups excluding carboxylic acids is 4. The van der Waals surface area contributed by atoms with Crippen LogP contribution in [0.5, 0.6) is 0 Å². The van der Waals surface area contributed by atoms with Crippen molar-refractivity contribution in [3.8, 4) is 0 Å². The number of carbonyl (C=O) groups is 4. The van der Waals surface area contributed by atoms with Gasteiger partial charge >= 0.3 is 39.5 Å². The number of ether oxygens (including phenoxy) is 4. The fourth-order valence-corrected chi connectivity index (χ4v) is 12.1. The van der Waals surface area contributed by atoms with Crippen LogP contribution >= 0.6 is 15.6 Å². The van der Waals surface area contributed by atoms with Crippen LogP contribution in [0.4, 0.5) is 0 Å². The van der Waals surface area contributed by atoms with Gasteiger partial charge in [-0.2, -0.15) is 0 Å². The predicted octanol–water partition coefficient (Wildman–Crippen LogP) is 19.7. The third-order valence-corrected chi connectivity index (χ3v) is 18.0. The Morgan fingerprint density at radius 2 is 0.472 bits per heavy atom. The number of esters is 4. The molecule has 0 bridgehead atoms. The lowest BCUT2D eigenvalue weighted by atomic mass is 10.0. The molecule has 0 aliphatic rings. The average Bonchev–Trinajstić information content (AvgIpc) is 3.70. The largest absolute Gasteiger partial charge is 0.472 e. The van der Waals surface area contributed by atoms with Crippen LogP contribution in [0.15, 0.2) is 0 Å². The lowest BCUT2D eigenvalue weighted by Gasteiger charge is -2.21. The number of rotatable bonds is 67. The summed E-state index contributed by atoms with van der Waals surface area (Å²) in [7, 11) is -9.90. The summed E-state index contributed by atoms with van der Waals surface area (Å²) in [6, 6.07) is 0. The minimum atomic E-state index is -4.95. The van der Waals surface area contributed by atoms with E-state index in [9.17, 15) is 43.2 Å². The maximum Gasteiger partial charge on any atom is 0.472 e. The SMILES string of the molecule is CC(C)CCCCCCCCCCCCCCCC(=O)OC[C@H](COP(=O)(O)OCC(O)COP(=O)(O)OC[C@@H](COC(=O)CCCCCCCCCCC(C)C)OC(=O)CCCCCCCCC(C)C)OC(=O)CCCCCCCCCCCCC(C)C. The number of phosphoric acid groups is 2. The van der Waals surface area contributed by atoms with Crippen molar-refractivity contribution >= 4 is 39.5 Å². The highest BCUT2D eigenvalue weighted by Gasteiger charge is 2.30. The zero-order chi connectivity index (χ0) is 66.1. The van der Waals surface area contributed by atoms with Crippen molar-refractivity contribution in [1.29, 1.82) is 0 Å². The van der Waals surface area contributed by atoms with E-state index in [0.717, 1.165) is 108 Å². The number of aliphatic hydroxyl groups excluding tert-OH is 1. The van der Waals surface area contributed by atoms with Gasteiger partial charge in [-0.25, -0.2) is 9.13 Å². The number of aliphatic hydroxyl groups is 1. The van der Waals surface area contributed by atoms with Gasteiger partial charge in [-0.1, -0.05) is 293 Å². The molecular weight excluding hydrogens is 1170 g/mol. The maximum atomic E-state index is 13.0. The zero-order valence-electron chi connectivity index (χ0n) is 58.1. The highest BCUT2D eigenvalue weighted by Crippen LogP contribution is 2.45. The second-order valence-electron chi connectivity index (χ2n) is 27.2. The Morgan fingerprint density at radius 3 is 0.697 bits per heavy atom. The van der Waals surface area contributed by atoms with Gasteiger partial charge in [0, 0.05) is 25.7 Å². The van der Waals surface area contributed by atoms with Crippen molar-refractivity contribution in [2.45, 2.75) is 363 Å². The Bertz CT molecular complexity index is 1760. The molecule has 0 amide bonds. The van der Waals surface area contributed by atoms with Gasteiger partial charge < -0.3 is 33.8 Å². The molecule has 0 aliphatic heterocycles. The van der Waals surface area contributed by atoms with Crippen LogP contribution in [0.3, 0.4) is 0 Å². The van der Waals surface area contributed by atoms with Crippen molar-refractivity contribution in [2.75, 3.05) is 39.6 Å². The molecular formula is C70H136O17P2. The number of hydrogen-bond acceptors (Lipinski definition) is 15. The quantitative estimate of drug-likeness (QED) is 0.0222. The molecule has 3 unspecified atom stereocenters. The third-order valence-electron chi connectivity index (χ3n) is 16.1. The summed E-state index contributed by atoms with van der Waals surface area (Å²) < 4.78 is 68.2. The van der Waals surface area contributed by atoms with Gasteiger partial charge in [0.25, 0.3) is 0 Å². The van der Waals surface area contributed by atoms with Crippen LogP contribution in [0, 0.1) is 23.7 Å². The molecule has 0 fully saturated rings. The Labute approximate surface area is 543 Å². The second-order valence-corrected chi connectivity index (χ2v) is 30.1. The zero-order valence-corrected chi connectivity index (χ0v) is 59.8. The molecule has 3 N–H and O–H groups in total. The molecule has 5 atom stereocenters. The summed E-state index contributed by atoms with van der Waals surface area (Å²) in [5, 5.41) is 10.6. The van der Waals surface area contributed by atoms with E-state index in [0.29, 0.717) is 31.6 Å². The molecule has 0 rings (SSSR count). The van der Waals surface area contributed by atoms with Gasteiger partial charge in [-0.05, 0) is 49.4 Å². The molecule has 0 aliphatic carbocycles. The van der Waals surface area contributed by atoms with E-state index in [1.807, 2.05) is 0 Å². The number of phosphoric ester groups is 2. The molecule has 19 heteroatoms. The molecule has 0 aromatic rings. The summed E-state index contributed by atoms with van der Waals surface area (Å²) in [6.07, 6.45) is 41.9. The van der Waals surface area contributed by atoms with Crippen LogP contribution in [0.25, 0.3) is 0 Å². The van der Waals surface area contributed by atoms with Gasteiger partial charge in [0.05, 0.1) is 26.4 Å². The molecule has 0 radical (unpaired) electrons. The molecule has 0 heterocycles. The Kier molecular flexibility index (Phi) is 58.5. The van der Waals surface area contributed by atoms with E-state index in [-0.39, 0.29) is 25.7 Å². The van der Waals surface area contributed by atoms with E-state index in [4.69, 9.17) is 37.0 Å². The fraction of sp³-hybridized carbons (Fsp3) is 0.943. The molecule has 0 aromatic carbocycles. The molecule has 89 heavy (non-hydrogen) atoms. The van der Waals surface area contributed by atoms with Crippen molar-refractivity contribution < 1.29 is 80.2 Å². The van der Waals surface area contributed by atoms with E-state index in [1.54, 1.807) is 0 Å². The van der Waals surface area contributed by atoms with Crippen LogP contribution in [-0.2, 0) is 65.4 Å². The van der Waals surface area contributed by atoms with Crippen LogP contribution in [0.2, 0.25) is 0 Å². The van der Waals surface area contributed by atoms with Gasteiger partial charge in [0.1, 0.15) is 19.3 Å². The molecule has 0 saturated carbocycles. The topological polar surface area (TPSA) is 237 Å². The van der Waals surface area contributed by atoms with E-state index >= 15 is 0 Å². The monoisotopic (exact) mass is 1310 g/mol. The van der Waals surface area contributed by atoms with Crippen LogP contribution < -0.4 is 0 Å². The standard InChI is InChI=1S/C70H136O17P2/c1-60(2)46-38-30-22-16-12-10-9-11-13-18-25-34-42-50-67(72)80-56-65(86-69(74)52-44-36-27-19-15-14-17-23-31-39-47-61(3)4)58-84-88(76,77)82-54-64(71)55-83-89(78,79)85-59-66(87-70(75)53-45-37-29-28-33-41-49-63(7)8)57-81-68(73)51-43-35-26-21-20-24-32-40-48-62(5)6/h60-66,71H,9-59H2,1-8H3,(H,76,77)(H,78,79)/t64?,65-,66-/m1/s1. The van der Waals surface area contributed by atoms with Crippen LogP contribution in [0.1, 0.15) is 344 Å². The first-order chi connectivity index (χ1) is 42.6. The highest BCUT2D eigenvalue weighted by atomic mass is 31.2. The van der Waals surface area contributed by atoms with Gasteiger partial charge in [0.15, 0.2) is 12.2 Å². The molecule has 528 valence electrons. The first-order valence-corrected chi connectivity index (χ1v) is 39.2. The van der Waals surface area contributed by atoms with Crippen molar-refractivity contribution in [3.63, 3.8) is 0 Å². The summed E-state index contributed by atoms with van der Waals surface area (Å²) in [6.45, 7) is 14.0. The summed E-state index contributed by atoms with van der Waals surface area (Å²) >= 11 is 0. The van der Waals surface area contributed by atoms with Gasteiger partial charge in [-0.15, -0.1) is 0 Å². The van der Waals surface area contributed by atoms with Crippen molar-refractivity contribution in [3.05, 3.63) is 0 Å². The molecule has 0 spiro atoms. The van der Waals surface area contributed by atoms with Gasteiger partial charge in [-0.3, -0.25) is 37.3 Å². The average molecular weight is 1310 g/mol. The van der Waals surface area contributed by atoms with Crippen LogP contribution in [-0.4, -0.2) is 96.7 Å². The summed E-state index contributed by atoms with van der Waals surface area (Å²) in [4.78, 5) is 72.5. The van der Waals surface area contributed by atoms with E-state index in [2.05, 4.69) is 55.4 Å². The molecule has 0 aromatic heterocycles. The maximum absolute atomic E-state index is 13.0. The highest BCUT2D eigenvalue weighted by molar-refractivity contribution is 7.47. The summed E-state index contributed by atoms with van der Waals surface area (Å²) in [5.41, 5.74) is 0. The first-order valence-electron chi connectivity index (χ1n) is 36.2. The minimum absolute atomic E-state index is 0.101. The molecule has 0 saturated heterocycles. The first kappa shape index (κ1) is 87.1. The van der Waals surface area contributed by atoms with E-state index in [1.165, 1.54) is 148 Å². The predicted molar refractivity (Wildman–Crippen MR) is 358 cm³/mol. The number of hydrogen-bond donors (Lipinski definition) is 3. The lowest BCUT2D eigenvalue weighted by Crippen LogP contribution is -2.30. The second kappa shape index (κ2) is 59.8. The smallest absolute Gasteiger partial charge is 0.462 e. The third kappa shape index (κ3) is 64.6. The van der Waals surface area contributed by atoms with Gasteiger partial charge in [0.2, 0.25) is 0 Å². The van der Waals surface area contributed by atoms with Crippen molar-refractivity contribution in [1.82, 2.24) is 0 Å². The Hall–Kier alpha value is -1.94. The lowest BCUT2D eigenvalue weighted by molar-refractivity contribution is -0.161. The number of unbranched alkanes of at least 4 members (excludes halogenated alkanes) is 33. The van der Waals surface area contributed by atoms with Crippen molar-refractivity contribution in [2.24, 2.45) is 23.7 Å². The Balaban J connectivity index is 5.23. The van der Waals surface area contributed by atoms with E-state index < -0.39 is 97.5 Å². The molecule has 17 nitrogen and oxygen atoms in total. The fourth-order valence-electron chi connectivity index (χ4n) is 10.5. The Morgan fingerprint density at radius 1 is 0.281 bits per heavy atom. The minimum Gasteiger partial charge on any atom is -0.462 e.